The van der Waals surface area contributed by atoms with Gasteiger partial charge in [-0.15, -0.1) is 0 Å². The number of para-hydroxylation sites is 1. The Morgan fingerprint density at radius 3 is 2.88 bits per heavy atom. The summed E-state index contributed by atoms with van der Waals surface area (Å²) in [6, 6.07) is 9.08. The molecule has 0 bridgehead atoms. The molecule has 2 aromatic rings. The predicted molar refractivity (Wildman–Crippen MR) is 65.9 cm³/mol. The maximum Gasteiger partial charge on any atom is 0.321 e. The topological polar surface area (TPSA) is 62.2 Å². The van der Waals surface area contributed by atoms with E-state index in [1.54, 1.807) is 13.2 Å². The second-order valence-corrected chi connectivity index (χ2v) is 3.88. The summed E-state index contributed by atoms with van der Waals surface area (Å²) in [7, 11) is 1.65. The first-order chi connectivity index (χ1) is 8.22. The van der Waals surface area contributed by atoms with Gasteiger partial charge in [0.05, 0.1) is 5.52 Å². The summed E-state index contributed by atoms with van der Waals surface area (Å²) in [6.45, 7) is 0. The minimum Gasteiger partial charge on any atom is -0.480 e. The monoisotopic (exact) mass is 230 g/mol. The van der Waals surface area contributed by atoms with E-state index in [1.165, 1.54) is 0 Å². The molecule has 0 radical (unpaired) electrons. The first kappa shape index (κ1) is 11.5. The molecule has 0 aliphatic rings. The van der Waals surface area contributed by atoms with Gasteiger partial charge >= 0.3 is 5.97 Å². The number of fused-ring (bicyclic) bond motifs is 1. The minimum atomic E-state index is -0.847. The van der Waals surface area contributed by atoms with Crippen molar-refractivity contribution >= 4 is 16.9 Å². The van der Waals surface area contributed by atoms with Gasteiger partial charge < -0.3 is 10.4 Å². The maximum absolute atomic E-state index is 11.0. The molecule has 1 unspecified atom stereocenters. The highest BCUT2D eigenvalue weighted by atomic mass is 16.4. The van der Waals surface area contributed by atoms with E-state index in [0.29, 0.717) is 6.42 Å². The Kier molecular flexibility index (Phi) is 3.35. The van der Waals surface area contributed by atoms with Crippen LogP contribution in [0.15, 0.2) is 36.5 Å². The molecule has 17 heavy (non-hydrogen) atoms. The van der Waals surface area contributed by atoms with Crippen molar-refractivity contribution in [2.24, 2.45) is 0 Å². The van der Waals surface area contributed by atoms with Gasteiger partial charge in [0, 0.05) is 18.0 Å². The van der Waals surface area contributed by atoms with Gasteiger partial charge in [-0.05, 0) is 18.7 Å². The molecule has 1 heterocycles. The summed E-state index contributed by atoms with van der Waals surface area (Å²) < 4.78 is 0. The quantitative estimate of drug-likeness (QED) is 0.834. The minimum absolute atomic E-state index is 0.431. The van der Waals surface area contributed by atoms with Crippen molar-refractivity contribution in [2.45, 2.75) is 12.5 Å². The van der Waals surface area contributed by atoms with Crippen LogP contribution >= 0.6 is 0 Å². The Bertz CT molecular complexity index is 534. The van der Waals surface area contributed by atoms with E-state index in [1.807, 2.05) is 30.3 Å². The second-order valence-electron chi connectivity index (χ2n) is 3.88. The zero-order valence-corrected chi connectivity index (χ0v) is 9.55. The van der Waals surface area contributed by atoms with Crippen LogP contribution in [0.5, 0.6) is 0 Å². The van der Waals surface area contributed by atoms with Crippen LogP contribution in [0.25, 0.3) is 10.9 Å². The first-order valence-electron chi connectivity index (χ1n) is 5.45. The Morgan fingerprint density at radius 2 is 2.18 bits per heavy atom. The highest BCUT2D eigenvalue weighted by molar-refractivity contribution is 5.82. The van der Waals surface area contributed by atoms with E-state index in [2.05, 4.69) is 10.3 Å². The van der Waals surface area contributed by atoms with Gasteiger partial charge in [-0.1, -0.05) is 24.3 Å². The number of hydrogen-bond acceptors (Lipinski definition) is 3. The smallest absolute Gasteiger partial charge is 0.321 e. The van der Waals surface area contributed by atoms with Crippen molar-refractivity contribution in [1.29, 1.82) is 0 Å². The van der Waals surface area contributed by atoms with Gasteiger partial charge in [-0.25, -0.2) is 0 Å². The fourth-order valence-electron chi connectivity index (χ4n) is 1.86. The van der Waals surface area contributed by atoms with E-state index in [-0.39, 0.29) is 0 Å². The highest BCUT2D eigenvalue weighted by Gasteiger charge is 2.16. The van der Waals surface area contributed by atoms with Crippen molar-refractivity contribution in [2.75, 3.05) is 7.05 Å². The third kappa shape index (κ3) is 2.42. The van der Waals surface area contributed by atoms with E-state index in [9.17, 15) is 4.79 Å². The lowest BCUT2D eigenvalue weighted by Crippen LogP contribution is -2.35. The van der Waals surface area contributed by atoms with Gasteiger partial charge in [0.25, 0.3) is 0 Å². The maximum atomic E-state index is 11.0. The Balaban J connectivity index is 2.38. The summed E-state index contributed by atoms with van der Waals surface area (Å²) in [6.07, 6.45) is 2.15. The van der Waals surface area contributed by atoms with Crippen molar-refractivity contribution in [3.63, 3.8) is 0 Å². The molecule has 88 valence electrons. The zero-order chi connectivity index (χ0) is 12.3. The lowest BCUT2D eigenvalue weighted by atomic mass is 10.0. The van der Waals surface area contributed by atoms with Crippen molar-refractivity contribution in [3.05, 3.63) is 42.1 Å². The van der Waals surface area contributed by atoms with Gasteiger partial charge in [-0.3, -0.25) is 9.78 Å². The number of benzene rings is 1. The van der Waals surface area contributed by atoms with Crippen LogP contribution in [0, 0.1) is 0 Å². The fraction of sp³-hybridized carbons (Fsp3) is 0.231. The van der Waals surface area contributed by atoms with Crippen LogP contribution in [-0.4, -0.2) is 29.1 Å². The number of nitrogens with zero attached hydrogens (tertiary/aromatic N) is 1. The number of aliphatic carboxylic acids is 1. The van der Waals surface area contributed by atoms with Gasteiger partial charge in [0.15, 0.2) is 0 Å². The number of aromatic nitrogens is 1. The normalized spacial score (nSPS) is 12.5. The van der Waals surface area contributed by atoms with Crippen LogP contribution in [0.2, 0.25) is 0 Å². The molecule has 2 rings (SSSR count). The molecule has 1 aromatic heterocycles. The van der Waals surface area contributed by atoms with Crippen molar-refractivity contribution < 1.29 is 9.90 Å². The number of nitrogens with one attached hydrogen (secondary N) is 1. The number of likely N-dealkylation sites (N-methyl/N-ethyl adjacent to an activating group) is 1. The van der Waals surface area contributed by atoms with E-state index < -0.39 is 12.0 Å². The first-order valence-corrected chi connectivity index (χ1v) is 5.45. The van der Waals surface area contributed by atoms with Gasteiger partial charge in [0.1, 0.15) is 6.04 Å². The molecule has 0 aliphatic heterocycles. The Morgan fingerprint density at radius 1 is 1.41 bits per heavy atom. The summed E-state index contributed by atoms with van der Waals surface area (Å²) in [5, 5.41) is 12.8. The third-order valence-electron chi connectivity index (χ3n) is 2.79. The molecule has 0 aliphatic carbocycles. The molecular weight excluding hydrogens is 216 g/mol. The molecule has 4 nitrogen and oxygen atoms in total. The molecule has 1 aromatic carbocycles. The molecule has 4 heteroatoms. The standard InChI is InChI=1S/C13H14N2O2/c1-14-11(13(16)17)8-10-5-2-4-9-6-3-7-15-12(9)10/h2-7,11,14H,8H2,1H3,(H,16,17). The summed E-state index contributed by atoms with van der Waals surface area (Å²) in [4.78, 5) is 15.3. The summed E-state index contributed by atoms with van der Waals surface area (Å²) in [5.41, 5.74) is 1.82. The molecule has 0 saturated heterocycles. The number of carboxylic acid groups (broad SMARTS) is 1. The molecule has 1 atom stereocenters. The van der Waals surface area contributed by atoms with Crippen LogP contribution < -0.4 is 5.32 Å². The average Bonchev–Trinajstić information content (AvgIpc) is 2.35. The van der Waals surface area contributed by atoms with Crippen molar-refractivity contribution in [3.8, 4) is 0 Å². The SMILES string of the molecule is CNC(Cc1cccc2cccnc12)C(=O)O. The Labute approximate surface area is 99.3 Å². The van der Waals surface area contributed by atoms with E-state index >= 15 is 0 Å². The second kappa shape index (κ2) is 4.93. The highest BCUT2D eigenvalue weighted by Crippen LogP contribution is 2.17. The summed E-state index contributed by atoms with van der Waals surface area (Å²) in [5.74, 6) is -0.847. The lowest BCUT2D eigenvalue weighted by molar-refractivity contribution is -0.139. The van der Waals surface area contributed by atoms with Crippen LogP contribution in [0.1, 0.15) is 5.56 Å². The zero-order valence-electron chi connectivity index (χ0n) is 9.55. The molecule has 0 fully saturated rings. The van der Waals surface area contributed by atoms with Crippen LogP contribution in [0.4, 0.5) is 0 Å². The van der Waals surface area contributed by atoms with E-state index in [0.717, 1.165) is 16.5 Å². The molecule has 0 saturated carbocycles. The number of pyridine rings is 1. The number of hydrogen-bond donors (Lipinski definition) is 2. The molecule has 2 N–H and O–H groups in total. The molecular formula is C13H14N2O2. The van der Waals surface area contributed by atoms with Crippen LogP contribution in [0.3, 0.4) is 0 Å². The van der Waals surface area contributed by atoms with Gasteiger partial charge in [0.2, 0.25) is 0 Å². The number of carbonyl (C=O) groups is 1. The fourth-order valence-corrected chi connectivity index (χ4v) is 1.86. The number of carboxylic acids is 1. The largest absolute Gasteiger partial charge is 0.480 e. The van der Waals surface area contributed by atoms with E-state index in [4.69, 9.17) is 5.11 Å². The van der Waals surface area contributed by atoms with Crippen molar-refractivity contribution in [1.82, 2.24) is 10.3 Å². The molecule has 0 spiro atoms. The summed E-state index contributed by atoms with van der Waals surface area (Å²) >= 11 is 0. The lowest BCUT2D eigenvalue weighted by Gasteiger charge is -2.12. The predicted octanol–water partition coefficient (Wildman–Crippen LogP) is 1.45. The van der Waals surface area contributed by atoms with Gasteiger partial charge in [-0.2, -0.15) is 0 Å². The number of rotatable bonds is 4. The third-order valence-corrected chi connectivity index (χ3v) is 2.79. The van der Waals surface area contributed by atoms with Crippen LogP contribution in [-0.2, 0) is 11.2 Å². The Hall–Kier alpha value is -1.94. The molecule has 0 amide bonds. The average molecular weight is 230 g/mol.